The molecule has 0 radical (unpaired) electrons. The van der Waals surface area contributed by atoms with Crippen LogP contribution in [0.3, 0.4) is 0 Å². The number of rotatable bonds is 4. The summed E-state index contributed by atoms with van der Waals surface area (Å²) in [6.45, 7) is 0. The van der Waals surface area contributed by atoms with Crippen LogP contribution in [0.15, 0.2) is 54.1 Å². The van der Waals surface area contributed by atoms with Crippen molar-refractivity contribution in [3.63, 3.8) is 0 Å². The quantitative estimate of drug-likeness (QED) is 0.603. The van der Waals surface area contributed by atoms with Crippen molar-refractivity contribution in [2.24, 2.45) is 0 Å². The molecule has 8 heteroatoms. The van der Waals surface area contributed by atoms with Gasteiger partial charge < -0.3 is 15.4 Å². The van der Waals surface area contributed by atoms with Crippen LogP contribution in [0.1, 0.15) is 17.2 Å². The van der Waals surface area contributed by atoms with E-state index < -0.39 is 23.8 Å². The highest BCUT2D eigenvalue weighted by atomic mass is 35.5. The highest BCUT2D eigenvalue weighted by Crippen LogP contribution is 2.32. The molecule has 0 bridgehead atoms. The average molecular weight is 405 g/mol. The molecule has 6 nitrogen and oxygen atoms in total. The first-order chi connectivity index (χ1) is 12.9. The zero-order chi connectivity index (χ0) is 19.6. The predicted molar refractivity (Wildman–Crippen MR) is 101 cm³/mol. The summed E-state index contributed by atoms with van der Waals surface area (Å²) < 4.78 is 4.59. The Labute approximate surface area is 165 Å². The Balaban J connectivity index is 2.21. The van der Waals surface area contributed by atoms with Crippen LogP contribution >= 0.6 is 23.2 Å². The van der Waals surface area contributed by atoms with Gasteiger partial charge in [-0.2, -0.15) is 0 Å². The van der Waals surface area contributed by atoms with Crippen LogP contribution in [0.2, 0.25) is 10.0 Å². The molecular weight excluding hydrogens is 391 g/mol. The number of Topliss-reactive ketones (excluding diaryl/α,β-unsaturated/α-hetero) is 1. The van der Waals surface area contributed by atoms with Gasteiger partial charge in [-0.25, -0.2) is 9.59 Å². The van der Waals surface area contributed by atoms with E-state index in [9.17, 15) is 14.4 Å². The van der Waals surface area contributed by atoms with Crippen molar-refractivity contribution in [2.75, 3.05) is 7.11 Å². The lowest BCUT2D eigenvalue weighted by molar-refractivity contribution is -0.150. The third kappa shape index (κ3) is 3.97. The lowest BCUT2D eigenvalue weighted by Crippen LogP contribution is -2.46. The molecule has 2 aromatic rings. The summed E-state index contributed by atoms with van der Waals surface area (Å²) in [6.07, 6.45) is 0. The Morgan fingerprint density at radius 2 is 1.52 bits per heavy atom. The van der Waals surface area contributed by atoms with Crippen LogP contribution in [0.25, 0.3) is 5.70 Å². The summed E-state index contributed by atoms with van der Waals surface area (Å²) >= 11 is 11.8. The molecule has 2 N–H and O–H groups in total. The Kier molecular flexibility index (Phi) is 5.48. The third-order valence-corrected chi connectivity index (χ3v) is 4.53. The molecule has 3 rings (SSSR count). The zero-order valence-electron chi connectivity index (χ0n) is 14.1. The van der Waals surface area contributed by atoms with Gasteiger partial charge in [0.2, 0.25) is 0 Å². The molecule has 2 aromatic carbocycles. The minimum absolute atomic E-state index is 0.0612. The predicted octanol–water partition coefficient (Wildman–Crippen LogP) is 3.50. The summed E-state index contributed by atoms with van der Waals surface area (Å²) in [7, 11) is 1.12. The van der Waals surface area contributed by atoms with E-state index >= 15 is 0 Å². The van der Waals surface area contributed by atoms with E-state index in [2.05, 4.69) is 15.4 Å². The van der Waals surface area contributed by atoms with E-state index in [1.807, 2.05) is 0 Å². The number of benzene rings is 2. The number of carbonyl (C=O) groups is 3. The maximum Gasteiger partial charge on any atom is 0.379 e. The average Bonchev–Trinajstić information content (AvgIpc) is 2.67. The van der Waals surface area contributed by atoms with Gasteiger partial charge in [0, 0.05) is 10.0 Å². The number of halogens is 2. The van der Waals surface area contributed by atoms with Crippen molar-refractivity contribution in [1.29, 1.82) is 0 Å². The smallest absolute Gasteiger partial charge is 0.379 e. The maximum atomic E-state index is 12.8. The van der Waals surface area contributed by atoms with Crippen molar-refractivity contribution in [3.8, 4) is 0 Å². The van der Waals surface area contributed by atoms with E-state index in [1.54, 1.807) is 48.5 Å². The van der Waals surface area contributed by atoms with Gasteiger partial charge in [0.25, 0.3) is 5.78 Å². The second-order valence-electron chi connectivity index (χ2n) is 5.70. The molecule has 138 valence electrons. The molecule has 1 aliphatic rings. The van der Waals surface area contributed by atoms with Gasteiger partial charge in [-0.3, -0.25) is 4.79 Å². The van der Waals surface area contributed by atoms with Crippen molar-refractivity contribution < 1.29 is 19.1 Å². The van der Waals surface area contributed by atoms with Gasteiger partial charge in [-0.1, -0.05) is 47.5 Å². The van der Waals surface area contributed by atoms with Crippen molar-refractivity contribution in [3.05, 3.63) is 75.3 Å². The molecule has 1 atom stereocenters. The van der Waals surface area contributed by atoms with Crippen molar-refractivity contribution in [1.82, 2.24) is 10.6 Å². The van der Waals surface area contributed by atoms with Gasteiger partial charge in [0.15, 0.2) is 0 Å². The highest BCUT2D eigenvalue weighted by molar-refractivity contribution is 6.42. The number of hydrogen-bond acceptors (Lipinski definition) is 4. The topological polar surface area (TPSA) is 84.5 Å². The molecule has 0 saturated carbocycles. The molecular formula is C19H14Cl2N2O4. The van der Waals surface area contributed by atoms with E-state index in [4.69, 9.17) is 23.2 Å². The van der Waals surface area contributed by atoms with E-state index in [1.165, 1.54) is 0 Å². The minimum Gasteiger partial charge on any atom is -0.463 e. The fraction of sp³-hybridized carbons (Fsp3) is 0.105. The normalized spacial score (nSPS) is 16.4. The highest BCUT2D eigenvalue weighted by Gasteiger charge is 2.36. The molecule has 0 aliphatic carbocycles. The Morgan fingerprint density at radius 1 is 0.963 bits per heavy atom. The first kappa shape index (κ1) is 18.9. The van der Waals surface area contributed by atoms with Gasteiger partial charge in [0.1, 0.15) is 0 Å². The van der Waals surface area contributed by atoms with Crippen LogP contribution in [-0.2, 0) is 14.3 Å². The summed E-state index contributed by atoms with van der Waals surface area (Å²) in [5.74, 6) is -1.90. The monoisotopic (exact) mass is 404 g/mol. The second kappa shape index (κ2) is 7.82. The minimum atomic E-state index is -1.03. The number of nitrogens with one attached hydrogen (secondary N) is 2. The third-order valence-electron chi connectivity index (χ3n) is 4.02. The number of esters is 1. The molecule has 0 aromatic heterocycles. The summed E-state index contributed by atoms with van der Waals surface area (Å²) in [6, 6.07) is 11.8. The number of amides is 2. The number of carbonyl (C=O) groups excluding carboxylic acids is 3. The van der Waals surface area contributed by atoms with E-state index in [-0.39, 0.29) is 11.3 Å². The molecule has 0 spiro atoms. The SMILES string of the molecule is COC(=O)C(=O)C1=C(c2ccc(Cl)cc2)NC(=O)NC1c1ccc(Cl)cc1. The zero-order valence-corrected chi connectivity index (χ0v) is 15.6. The molecule has 1 unspecified atom stereocenters. The molecule has 1 aliphatic heterocycles. The standard InChI is InChI=1S/C19H14Cl2N2O4/c1-27-18(25)17(24)14-15(10-2-6-12(20)7-3-10)22-19(26)23-16(14)11-4-8-13(21)9-5-11/h2-9,15H,1H3,(H2,22,23,26). The van der Waals surface area contributed by atoms with Gasteiger partial charge >= 0.3 is 12.0 Å². The number of ketones is 1. The number of hydrogen-bond donors (Lipinski definition) is 2. The lowest BCUT2D eigenvalue weighted by Gasteiger charge is -2.29. The van der Waals surface area contributed by atoms with Crippen molar-refractivity contribution in [2.45, 2.75) is 6.04 Å². The number of methoxy groups -OCH3 is 1. The fourth-order valence-electron chi connectivity index (χ4n) is 2.76. The summed E-state index contributed by atoms with van der Waals surface area (Å²) in [5.41, 5.74) is 1.39. The number of ether oxygens (including phenoxy) is 1. The Morgan fingerprint density at radius 3 is 2.07 bits per heavy atom. The first-order valence-electron chi connectivity index (χ1n) is 7.86. The largest absolute Gasteiger partial charge is 0.463 e. The van der Waals surface area contributed by atoms with Crippen molar-refractivity contribution >= 4 is 46.7 Å². The number of urea groups is 1. The Bertz CT molecular complexity index is 937. The van der Waals surface area contributed by atoms with Crippen LogP contribution in [0, 0.1) is 0 Å². The van der Waals surface area contributed by atoms with Gasteiger partial charge in [0.05, 0.1) is 24.4 Å². The summed E-state index contributed by atoms with van der Waals surface area (Å²) in [4.78, 5) is 37.0. The van der Waals surface area contributed by atoms with E-state index in [0.29, 0.717) is 21.2 Å². The van der Waals surface area contributed by atoms with Crippen LogP contribution < -0.4 is 10.6 Å². The molecule has 2 amide bonds. The van der Waals surface area contributed by atoms with Gasteiger partial charge in [-0.05, 0) is 35.4 Å². The Hall–Kier alpha value is -2.83. The fourth-order valence-corrected chi connectivity index (χ4v) is 3.01. The van der Waals surface area contributed by atoms with Crippen LogP contribution in [0.5, 0.6) is 0 Å². The van der Waals surface area contributed by atoms with Gasteiger partial charge in [-0.15, -0.1) is 0 Å². The molecule has 27 heavy (non-hydrogen) atoms. The molecule has 0 saturated heterocycles. The van der Waals surface area contributed by atoms with Crippen LogP contribution in [0.4, 0.5) is 4.79 Å². The molecule has 0 fully saturated rings. The second-order valence-corrected chi connectivity index (χ2v) is 6.57. The lowest BCUT2D eigenvalue weighted by atomic mass is 9.90. The van der Waals surface area contributed by atoms with E-state index in [0.717, 1.165) is 7.11 Å². The van der Waals surface area contributed by atoms with Crippen LogP contribution in [-0.4, -0.2) is 24.9 Å². The first-order valence-corrected chi connectivity index (χ1v) is 8.62. The molecule has 1 heterocycles. The summed E-state index contributed by atoms with van der Waals surface area (Å²) in [5, 5.41) is 6.27. The maximum absolute atomic E-state index is 12.8.